The van der Waals surface area contributed by atoms with Gasteiger partial charge in [0.25, 0.3) is 11.8 Å². The van der Waals surface area contributed by atoms with Gasteiger partial charge < -0.3 is 42.1 Å². The summed E-state index contributed by atoms with van der Waals surface area (Å²) in [6.07, 6.45) is 0.0871. The van der Waals surface area contributed by atoms with Crippen LogP contribution in [0.3, 0.4) is 0 Å². The number of Topliss-reactive ketones (excluding diaryl/α,β-unsaturated/α-hetero) is 1. The first kappa shape index (κ1) is 50.6. The number of ketones is 1. The molecule has 330 valence electrons. The Bertz CT molecular complexity index is 1600. The maximum atomic E-state index is 14.7. The van der Waals surface area contributed by atoms with E-state index in [0.29, 0.717) is 19.4 Å². The molecule has 59 heavy (non-hydrogen) atoms. The molecule has 0 aromatic rings. The van der Waals surface area contributed by atoms with Gasteiger partial charge in [-0.3, -0.25) is 52.8 Å². The minimum Gasteiger partial charge on any atom is -0.481 e. The number of carbonyl (C=O) groups is 10. The standard InChI is InChI=1S/C38H59N7O12S2/c1-8-10-26(31(51)35(55)39-15-9-2)45(36(56)25-18-38(19-40-25)58-16-17-59-38)37(57)30(21(5)6)44-34(54)29(20(3)4)43-33(53)24(12-14-28(49)50)42-32(52)23(41-22(7)46)11-13-27(47)48/h9,20-21,23-26,29-30,40H,2,8,10-19H2,1,3-7H3,(H,39,55)(H,41,46)(H,42,52)(H,43,53)(H,44,54)(H,47,48)(H,49,50)/t23-,24-,25-,26?,29-,30-/m0/s1. The molecule has 2 heterocycles. The van der Waals surface area contributed by atoms with Gasteiger partial charge in [0.2, 0.25) is 35.3 Å². The van der Waals surface area contributed by atoms with E-state index in [1.165, 1.54) is 6.08 Å². The lowest BCUT2D eigenvalue weighted by molar-refractivity contribution is -0.157. The number of nitrogens with one attached hydrogen (secondary N) is 6. The van der Waals surface area contributed by atoms with Crippen LogP contribution in [0.5, 0.6) is 0 Å². The molecule has 0 bridgehead atoms. The van der Waals surface area contributed by atoms with Gasteiger partial charge in [0.05, 0.1) is 10.1 Å². The Morgan fingerprint density at radius 2 is 1.32 bits per heavy atom. The molecule has 6 atom stereocenters. The molecule has 0 saturated carbocycles. The monoisotopic (exact) mass is 869 g/mol. The molecule has 2 aliphatic heterocycles. The van der Waals surface area contributed by atoms with Crippen LogP contribution in [-0.4, -0.2) is 139 Å². The van der Waals surface area contributed by atoms with Crippen molar-refractivity contribution in [2.45, 2.75) is 127 Å². The summed E-state index contributed by atoms with van der Waals surface area (Å²) in [7, 11) is 0. The van der Waals surface area contributed by atoms with E-state index in [1.54, 1.807) is 58.1 Å². The summed E-state index contributed by atoms with van der Waals surface area (Å²) in [6, 6.07) is -8.17. The zero-order chi connectivity index (χ0) is 44.6. The van der Waals surface area contributed by atoms with Crippen LogP contribution in [0.15, 0.2) is 12.7 Å². The third-order valence-corrected chi connectivity index (χ3v) is 13.1. The molecule has 2 aliphatic rings. The highest BCUT2D eigenvalue weighted by atomic mass is 32.2. The van der Waals surface area contributed by atoms with Crippen molar-refractivity contribution in [3.05, 3.63) is 12.7 Å². The van der Waals surface area contributed by atoms with Crippen LogP contribution >= 0.6 is 23.5 Å². The molecule has 0 aliphatic carbocycles. The third-order valence-electron chi connectivity index (χ3n) is 9.62. The number of amides is 7. The first-order chi connectivity index (χ1) is 27.7. The normalized spacial score (nSPS) is 18.1. The summed E-state index contributed by atoms with van der Waals surface area (Å²) in [5.74, 6) is -9.37. The van der Waals surface area contributed by atoms with E-state index in [9.17, 15) is 53.1 Å². The molecule has 1 unspecified atom stereocenters. The van der Waals surface area contributed by atoms with Gasteiger partial charge in [-0.2, -0.15) is 0 Å². The molecule has 19 nitrogen and oxygen atoms in total. The minimum atomic E-state index is -1.56. The van der Waals surface area contributed by atoms with Gasteiger partial charge in [-0.1, -0.05) is 47.1 Å². The van der Waals surface area contributed by atoms with Gasteiger partial charge in [-0.15, -0.1) is 30.1 Å². The molecular weight excluding hydrogens is 811 g/mol. The van der Waals surface area contributed by atoms with Crippen LogP contribution < -0.4 is 31.9 Å². The number of hydrogen-bond donors (Lipinski definition) is 8. The predicted molar refractivity (Wildman–Crippen MR) is 220 cm³/mol. The first-order valence-corrected chi connectivity index (χ1v) is 21.6. The third kappa shape index (κ3) is 15.2. The maximum Gasteiger partial charge on any atom is 0.303 e. The van der Waals surface area contributed by atoms with E-state index < -0.39 is 126 Å². The molecule has 8 N–H and O–H groups in total. The van der Waals surface area contributed by atoms with Crippen LogP contribution in [0.25, 0.3) is 0 Å². The molecule has 0 aromatic heterocycles. The Morgan fingerprint density at radius 3 is 1.81 bits per heavy atom. The fourth-order valence-electron chi connectivity index (χ4n) is 6.55. The van der Waals surface area contributed by atoms with Crippen LogP contribution in [0, 0.1) is 11.8 Å². The van der Waals surface area contributed by atoms with Gasteiger partial charge in [0.1, 0.15) is 30.2 Å². The van der Waals surface area contributed by atoms with E-state index in [2.05, 4.69) is 38.5 Å². The molecule has 0 radical (unpaired) electrons. The quantitative estimate of drug-likeness (QED) is 0.0465. The number of thioether (sulfide) groups is 2. The second-order valence-electron chi connectivity index (χ2n) is 15.1. The topological polar surface area (TPSA) is 287 Å². The highest BCUT2D eigenvalue weighted by Crippen LogP contribution is 2.49. The largest absolute Gasteiger partial charge is 0.481 e. The molecule has 2 saturated heterocycles. The summed E-state index contributed by atoms with van der Waals surface area (Å²) < 4.78 is -0.305. The van der Waals surface area contributed by atoms with Crippen molar-refractivity contribution in [3.8, 4) is 0 Å². The Balaban J connectivity index is 2.48. The van der Waals surface area contributed by atoms with Crippen molar-refractivity contribution in [1.82, 2.24) is 36.8 Å². The van der Waals surface area contributed by atoms with E-state index in [4.69, 9.17) is 5.11 Å². The average Bonchev–Trinajstić information content (AvgIpc) is 3.82. The SMILES string of the molecule is C=CCNC(=O)C(=O)C(CCC)N(C(=O)[C@@H]1CC2(CN1)SCCS2)C(=O)[C@@H](NC(=O)[C@@H](NC(=O)[C@H](CCC(=O)O)NC(=O)[C@H](CCC(=O)O)NC(C)=O)C(C)C)C(C)C. The molecule has 2 fully saturated rings. The molecular formula is C38H59N7O12S2. The van der Waals surface area contributed by atoms with Crippen LogP contribution in [0.2, 0.25) is 0 Å². The first-order valence-electron chi connectivity index (χ1n) is 19.6. The van der Waals surface area contributed by atoms with Gasteiger partial charge in [-0.25, -0.2) is 0 Å². The Kier molecular flexibility index (Phi) is 20.5. The summed E-state index contributed by atoms with van der Waals surface area (Å²) in [6.45, 7) is 13.1. The van der Waals surface area contributed by atoms with E-state index in [-0.39, 0.29) is 23.5 Å². The van der Waals surface area contributed by atoms with Gasteiger partial charge in [0.15, 0.2) is 0 Å². The summed E-state index contributed by atoms with van der Waals surface area (Å²) in [5, 5.41) is 33.9. The van der Waals surface area contributed by atoms with E-state index in [1.807, 2.05) is 0 Å². The Labute approximate surface area is 352 Å². The summed E-state index contributed by atoms with van der Waals surface area (Å²) in [4.78, 5) is 132. The molecule has 0 aromatic carbocycles. The minimum absolute atomic E-state index is 0.0408. The summed E-state index contributed by atoms with van der Waals surface area (Å²) in [5.41, 5.74) is 0. The predicted octanol–water partition coefficient (Wildman–Crippen LogP) is -0.0795. The summed E-state index contributed by atoms with van der Waals surface area (Å²) >= 11 is 3.40. The van der Waals surface area contributed by atoms with Crippen molar-refractivity contribution in [3.63, 3.8) is 0 Å². The second-order valence-corrected chi connectivity index (χ2v) is 18.3. The second kappa shape index (κ2) is 23.9. The fraction of sp³-hybridized carbons (Fsp3) is 0.684. The Hall–Kier alpha value is -4.50. The number of imide groups is 1. The average molecular weight is 870 g/mol. The maximum absolute atomic E-state index is 14.7. The van der Waals surface area contributed by atoms with E-state index in [0.717, 1.165) is 23.3 Å². The van der Waals surface area contributed by atoms with Gasteiger partial charge >= 0.3 is 11.9 Å². The molecule has 21 heteroatoms. The van der Waals surface area contributed by atoms with E-state index >= 15 is 0 Å². The van der Waals surface area contributed by atoms with Crippen molar-refractivity contribution in [2.24, 2.45) is 11.8 Å². The molecule has 7 amide bonds. The number of carboxylic acids is 2. The van der Waals surface area contributed by atoms with Crippen LogP contribution in [0.1, 0.15) is 86.5 Å². The van der Waals surface area contributed by atoms with Crippen molar-refractivity contribution < 1.29 is 58.2 Å². The van der Waals surface area contributed by atoms with Gasteiger partial charge in [0, 0.05) is 44.4 Å². The highest BCUT2D eigenvalue weighted by molar-refractivity contribution is 8.21. The fourth-order valence-corrected chi connectivity index (χ4v) is 9.73. The lowest BCUT2D eigenvalue weighted by Crippen LogP contribution is -2.63. The van der Waals surface area contributed by atoms with Crippen molar-refractivity contribution in [2.75, 3.05) is 24.6 Å². The number of hydrogen-bond acceptors (Lipinski definition) is 13. The van der Waals surface area contributed by atoms with Gasteiger partial charge in [-0.05, 0) is 37.5 Å². The molecule has 2 rings (SSSR count). The molecule has 1 spiro atoms. The highest BCUT2D eigenvalue weighted by Gasteiger charge is 2.50. The zero-order valence-electron chi connectivity index (χ0n) is 34.4. The number of carbonyl (C=O) groups excluding carboxylic acids is 8. The van der Waals surface area contributed by atoms with Crippen LogP contribution in [0.4, 0.5) is 0 Å². The lowest BCUT2D eigenvalue weighted by atomic mass is 9.96. The lowest BCUT2D eigenvalue weighted by Gasteiger charge is -2.35. The van der Waals surface area contributed by atoms with Crippen LogP contribution in [-0.2, 0) is 47.9 Å². The smallest absolute Gasteiger partial charge is 0.303 e. The number of rotatable bonds is 24. The number of carboxylic acid groups (broad SMARTS) is 2. The van der Waals surface area contributed by atoms with Crippen molar-refractivity contribution >= 4 is 82.6 Å². The Morgan fingerprint density at radius 1 is 0.797 bits per heavy atom. The number of nitrogens with zero attached hydrogens (tertiary/aromatic N) is 1. The zero-order valence-corrected chi connectivity index (χ0v) is 36.1. The number of aliphatic carboxylic acids is 2. The van der Waals surface area contributed by atoms with Crippen molar-refractivity contribution in [1.29, 1.82) is 0 Å².